The Morgan fingerprint density at radius 1 is 0.963 bits per heavy atom. The number of nitriles is 1. The van der Waals surface area contributed by atoms with Gasteiger partial charge in [0.15, 0.2) is 5.78 Å². The molecule has 4 nitrogen and oxygen atoms in total. The summed E-state index contributed by atoms with van der Waals surface area (Å²) in [6, 6.07) is 19.9. The van der Waals surface area contributed by atoms with Crippen LogP contribution in [0.4, 0.5) is 0 Å². The summed E-state index contributed by atoms with van der Waals surface area (Å²) in [5.74, 6) is -0.177. The van der Waals surface area contributed by atoms with Crippen LogP contribution in [-0.4, -0.2) is 11.7 Å². The maximum atomic E-state index is 12.9. The monoisotopic (exact) mass is 362 g/mol. The minimum atomic E-state index is -0.681. The molecule has 2 rings (SSSR count). The summed E-state index contributed by atoms with van der Waals surface area (Å²) in [4.78, 5) is 25.3. The van der Waals surface area contributed by atoms with Crippen molar-refractivity contribution in [3.8, 4) is 6.07 Å². The van der Waals surface area contributed by atoms with Crippen LogP contribution in [0.2, 0.25) is 0 Å². The van der Waals surface area contributed by atoms with Crippen LogP contribution in [0.1, 0.15) is 61.0 Å². The smallest absolute Gasteiger partial charge is 0.220 e. The summed E-state index contributed by atoms with van der Waals surface area (Å²) < 4.78 is 0. The standard InChI is InChI=1S/C23H26N2O2/c1-18(17-24)11-5-2-10-16-21(26)25-22(19-12-6-3-7-13-19)23(27)20-14-8-4-9-15-20/h3-4,6-9,12-15,18,22H,2,5,10-11,16H2,1H3,(H,25,26). The van der Waals surface area contributed by atoms with Gasteiger partial charge in [0.25, 0.3) is 0 Å². The van der Waals surface area contributed by atoms with Gasteiger partial charge >= 0.3 is 0 Å². The molecule has 0 heterocycles. The van der Waals surface area contributed by atoms with E-state index >= 15 is 0 Å². The Kier molecular flexibility index (Phi) is 8.25. The van der Waals surface area contributed by atoms with Crippen molar-refractivity contribution in [1.82, 2.24) is 5.32 Å². The minimum absolute atomic E-state index is 0.0600. The molecule has 2 atom stereocenters. The van der Waals surface area contributed by atoms with Crippen LogP contribution in [0.25, 0.3) is 0 Å². The van der Waals surface area contributed by atoms with Crippen LogP contribution in [0.15, 0.2) is 60.7 Å². The largest absolute Gasteiger partial charge is 0.342 e. The van der Waals surface area contributed by atoms with E-state index in [0.29, 0.717) is 12.0 Å². The highest BCUT2D eigenvalue weighted by Crippen LogP contribution is 2.19. The van der Waals surface area contributed by atoms with Gasteiger partial charge in [0, 0.05) is 17.9 Å². The van der Waals surface area contributed by atoms with Crippen LogP contribution in [0.3, 0.4) is 0 Å². The van der Waals surface area contributed by atoms with E-state index in [1.165, 1.54) is 0 Å². The second-order valence-corrected chi connectivity index (χ2v) is 6.77. The fourth-order valence-corrected chi connectivity index (χ4v) is 2.93. The number of amides is 1. The lowest BCUT2D eigenvalue weighted by atomic mass is 9.97. The third-order valence-electron chi connectivity index (χ3n) is 4.52. The van der Waals surface area contributed by atoms with Crippen LogP contribution in [0, 0.1) is 17.2 Å². The van der Waals surface area contributed by atoms with E-state index in [1.807, 2.05) is 55.5 Å². The summed E-state index contributed by atoms with van der Waals surface area (Å²) >= 11 is 0. The molecule has 0 aliphatic rings. The number of carbonyl (C=O) groups excluding carboxylic acids is 2. The van der Waals surface area contributed by atoms with Crippen molar-refractivity contribution in [2.75, 3.05) is 0 Å². The highest BCUT2D eigenvalue weighted by molar-refractivity contribution is 6.02. The molecule has 4 heteroatoms. The van der Waals surface area contributed by atoms with Crippen LogP contribution in [-0.2, 0) is 4.79 Å². The zero-order valence-corrected chi connectivity index (χ0v) is 15.7. The number of nitrogens with zero attached hydrogens (tertiary/aromatic N) is 1. The number of hydrogen-bond donors (Lipinski definition) is 1. The molecular formula is C23H26N2O2. The summed E-state index contributed by atoms with van der Waals surface area (Å²) in [7, 11) is 0. The molecule has 0 fully saturated rings. The predicted molar refractivity (Wildman–Crippen MR) is 106 cm³/mol. The molecule has 0 radical (unpaired) electrons. The summed E-state index contributed by atoms with van der Waals surface area (Å²) in [6.45, 7) is 1.91. The van der Waals surface area contributed by atoms with E-state index in [1.54, 1.807) is 12.1 Å². The molecule has 2 aromatic rings. The second-order valence-electron chi connectivity index (χ2n) is 6.77. The molecule has 2 aromatic carbocycles. The predicted octanol–water partition coefficient (Wildman–Crippen LogP) is 4.84. The number of benzene rings is 2. The van der Waals surface area contributed by atoms with Crippen molar-refractivity contribution in [3.63, 3.8) is 0 Å². The SMILES string of the molecule is CC(C#N)CCCCCC(=O)NC(C(=O)c1ccccc1)c1ccccc1. The van der Waals surface area contributed by atoms with Crippen molar-refractivity contribution in [1.29, 1.82) is 5.26 Å². The topological polar surface area (TPSA) is 70.0 Å². The fraction of sp³-hybridized carbons (Fsp3) is 0.348. The van der Waals surface area contributed by atoms with E-state index in [4.69, 9.17) is 5.26 Å². The molecule has 1 amide bonds. The molecule has 2 unspecified atom stereocenters. The molecule has 140 valence electrons. The third kappa shape index (κ3) is 6.71. The molecule has 0 bridgehead atoms. The Morgan fingerprint density at radius 3 is 2.22 bits per heavy atom. The fourth-order valence-electron chi connectivity index (χ4n) is 2.93. The quantitative estimate of drug-likeness (QED) is 0.486. The van der Waals surface area contributed by atoms with Crippen LogP contribution in [0.5, 0.6) is 0 Å². The first-order valence-corrected chi connectivity index (χ1v) is 9.45. The average molecular weight is 362 g/mol. The van der Waals surface area contributed by atoms with E-state index in [0.717, 1.165) is 31.2 Å². The highest BCUT2D eigenvalue weighted by atomic mass is 16.2. The van der Waals surface area contributed by atoms with Gasteiger partial charge in [-0.25, -0.2) is 0 Å². The number of carbonyl (C=O) groups is 2. The molecule has 0 aliphatic carbocycles. The first kappa shape index (κ1) is 20.4. The number of unbranched alkanes of at least 4 members (excludes halogenated alkanes) is 2. The van der Waals surface area contributed by atoms with E-state index in [9.17, 15) is 9.59 Å². The number of nitrogens with one attached hydrogen (secondary N) is 1. The molecule has 0 aromatic heterocycles. The average Bonchev–Trinajstić information content (AvgIpc) is 2.72. The molecule has 0 saturated carbocycles. The first-order valence-electron chi connectivity index (χ1n) is 9.45. The Hall–Kier alpha value is -2.93. The highest BCUT2D eigenvalue weighted by Gasteiger charge is 2.23. The Bertz CT molecular complexity index is 766. The maximum Gasteiger partial charge on any atom is 0.220 e. The number of Topliss-reactive ketones (excluding diaryl/α,β-unsaturated/α-hetero) is 1. The number of ketones is 1. The normalized spacial score (nSPS) is 12.6. The molecule has 27 heavy (non-hydrogen) atoms. The Labute approximate surface area is 161 Å². The lowest BCUT2D eigenvalue weighted by molar-refractivity contribution is -0.121. The molecule has 0 spiro atoms. The maximum absolute atomic E-state index is 12.9. The van der Waals surface area contributed by atoms with E-state index in [-0.39, 0.29) is 17.6 Å². The van der Waals surface area contributed by atoms with Gasteiger partial charge in [-0.3, -0.25) is 9.59 Å². The van der Waals surface area contributed by atoms with Gasteiger partial charge in [-0.15, -0.1) is 0 Å². The van der Waals surface area contributed by atoms with Gasteiger partial charge in [-0.05, 0) is 25.3 Å². The van der Waals surface area contributed by atoms with Gasteiger partial charge in [-0.2, -0.15) is 5.26 Å². The summed E-state index contributed by atoms with van der Waals surface area (Å²) in [5.41, 5.74) is 1.36. The number of hydrogen-bond acceptors (Lipinski definition) is 3. The lowest BCUT2D eigenvalue weighted by Crippen LogP contribution is -2.33. The van der Waals surface area contributed by atoms with Crippen molar-refractivity contribution in [2.24, 2.45) is 5.92 Å². The molecule has 1 N–H and O–H groups in total. The van der Waals surface area contributed by atoms with Crippen molar-refractivity contribution >= 4 is 11.7 Å². The summed E-state index contributed by atoms with van der Waals surface area (Å²) in [5, 5.41) is 11.7. The second kappa shape index (κ2) is 10.9. The van der Waals surface area contributed by atoms with Gasteiger partial charge in [-0.1, -0.05) is 73.5 Å². The van der Waals surface area contributed by atoms with Crippen molar-refractivity contribution < 1.29 is 9.59 Å². The molecular weight excluding hydrogens is 336 g/mol. The lowest BCUT2D eigenvalue weighted by Gasteiger charge is -2.18. The van der Waals surface area contributed by atoms with Crippen LogP contribution >= 0.6 is 0 Å². The van der Waals surface area contributed by atoms with Crippen molar-refractivity contribution in [2.45, 2.75) is 45.1 Å². The van der Waals surface area contributed by atoms with Gasteiger partial charge in [0.1, 0.15) is 6.04 Å². The summed E-state index contributed by atoms with van der Waals surface area (Å²) in [6.07, 6.45) is 3.84. The zero-order valence-electron chi connectivity index (χ0n) is 15.7. The van der Waals surface area contributed by atoms with Crippen LogP contribution < -0.4 is 5.32 Å². The van der Waals surface area contributed by atoms with Gasteiger partial charge in [0.05, 0.1) is 6.07 Å². The minimum Gasteiger partial charge on any atom is -0.342 e. The van der Waals surface area contributed by atoms with Gasteiger partial charge in [0.2, 0.25) is 5.91 Å². The van der Waals surface area contributed by atoms with Crippen molar-refractivity contribution in [3.05, 3.63) is 71.8 Å². The van der Waals surface area contributed by atoms with E-state index in [2.05, 4.69) is 11.4 Å². The van der Waals surface area contributed by atoms with Gasteiger partial charge < -0.3 is 5.32 Å². The molecule has 0 aliphatic heterocycles. The number of rotatable bonds is 10. The Morgan fingerprint density at radius 2 is 1.59 bits per heavy atom. The molecule has 0 saturated heterocycles. The zero-order chi connectivity index (χ0) is 19.5. The third-order valence-corrected chi connectivity index (χ3v) is 4.52. The van der Waals surface area contributed by atoms with E-state index < -0.39 is 6.04 Å². The Balaban J connectivity index is 1.95. The first-order chi connectivity index (χ1) is 13.1.